The fraction of sp³-hybridized carbons (Fsp3) is 0.367. The number of phenolic OH excluding ortho intramolecular Hbond substituents is 1. The van der Waals surface area contributed by atoms with E-state index in [0.29, 0.717) is 21.7 Å². The number of nitrogens with two attached hydrogens (primary N) is 1. The quantitative estimate of drug-likeness (QED) is 0.454. The molecule has 3 fully saturated rings. The third-order valence-electron chi connectivity index (χ3n) is 9.36. The number of primary amides is 1. The van der Waals surface area contributed by atoms with Crippen molar-refractivity contribution in [1.29, 1.82) is 0 Å². The number of anilines is 1. The number of hydrogen-bond donors (Lipinski definition) is 2. The number of aromatic hydroxyl groups is 1. The molecule has 0 aromatic heterocycles. The number of rotatable bonds is 2. The van der Waals surface area contributed by atoms with Crippen molar-refractivity contribution in [3.8, 4) is 5.75 Å². The first-order chi connectivity index (χ1) is 18.5. The Balaban J connectivity index is 1.55. The summed E-state index contributed by atoms with van der Waals surface area (Å²) in [6.07, 6.45) is 2.33. The zero-order valence-corrected chi connectivity index (χ0v) is 21.9. The molecule has 3 N–H and O–H groups in total. The molecule has 0 radical (unpaired) electrons. The number of carbonyl (C=O) groups excluding carboxylic acids is 5. The Morgan fingerprint density at radius 3 is 2.23 bits per heavy atom. The molecule has 0 bridgehead atoms. The zero-order valence-electron chi connectivity index (χ0n) is 21.9. The van der Waals surface area contributed by atoms with Crippen LogP contribution in [-0.2, 0) is 19.2 Å². The fourth-order valence-electron chi connectivity index (χ4n) is 7.59. The second-order valence-electron chi connectivity index (χ2n) is 11.4. The second-order valence-corrected chi connectivity index (χ2v) is 11.4. The lowest BCUT2D eigenvalue weighted by Gasteiger charge is -2.49. The van der Waals surface area contributed by atoms with Crippen molar-refractivity contribution in [3.63, 3.8) is 0 Å². The highest BCUT2D eigenvalue weighted by molar-refractivity contribution is 6.24. The normalized spacial score (nSPS) is 31.7. The summed E-state index contributed by atoms with van der Waals surface area (Å²) in [6, 6.07) is 11.3. The number of hydrogen-bond acceptors (Lipinski definition) is 6. The number of nitrogens with zero attached hydrogens (tertiary/aromatic N) is 2. The van der Waals surface area contributed by atoms with E-state index in [9.17, 15) is 29.1 Å². The summed E-state index contributed by atoms with van der Waals surface area (Å²) in [5.41, 5.74) is 7.52. The summed E-state index contributed by atoms with van der Waals surface area (Å²) in [5, 5.41) is 10.5. The first-order valence-corrected chi connectivity index (χ1v) is 13.1. The van der Waals surface area contributed by atoms with E-state index in [-0.39, 0.29) is 30.4 Å². The van der Waals surface area contributed by atoms with E-state index in [2.05, 4.69) is 0 Å². The minimum Gasteiger partial charge on any atom is -0.507 e. The minimum atomic E-state index is -1.17. The molecule has 6 unspecified atom stereocenters. The largest absolute Gasteiger partial charge is 0.507 e. The van der Waals surface area contributed by atoms with E-state index in [1.54, 1.807) is 44.2 Å². The number of aryl methyl sites for hydroxylation is 2. The molecule has 4 aliphatic rings. The van der Waals surface area contributed by atoms with Crippen molar-refractivity contribution in [2.75, 3.05) is 4.90 Å². The number of allylic oxidation sites excluding steroid dienone is 2. The van der Waals surface area contributed by atoms with Crippen molar-refractivity contribution in [1.82, 2.24) is 4.90 Å². The minimum absolute atomic E-state index is 0.152. The molecule has 2 heterocycles. The Kier molecular flexibility index (Phi) is 5.37. The van der Waals surface area contributed by atoms with Crippen LogP contribution in [0.1, 0.15) is 42.4 Å². The molecular weight excluding hydrogens is 498 g/mol. The molecule has 1 saturated carbocycles. The Labute approximate surface area is 225 Å². The van der Waals surface area contributed by atoms with Gasteiger partial charge in [0.1, 0.15) is 5.75 Å². The molecule has 6 atom stereocenters. The zero-order chi connectivity index (χ0) is 28.0. The molecule has 39 heavy (non-hydrogen) atoms. The highest BCUT2D eigenvalue weighted by Gasteiger charge is 2.67. The van der Waals surface area contributed by atoms with Crippen LogP contribution in [0, 0.1) is 42.9 Å². The Morgan fingerprint density at radius 1 is 0.974 bits per heavy atom. The lowest BCUT2D eigenvalue weighted by molar-refractivity contribution is -0.136. The molecule has 9 heteroatoms. The van der Waals surface area contributed by atoms with Gasteiger partial charge in [0.15, 0.2) is 0 Å². The van der Waals surface area contributed by atoms with Crippen molar-refractivity contribution in [2.24, 2.45) is 34.8 Å². The molecule has 200 valence electrons. The van der Waals surface area contributed by atoms with E-state index in [1.165, 1.54) is 4.90 Å². The molecule has 2 saturated heterocycles. The van der Waals surface area contributed by atoms with E-state index in [0.717, 1.165) is 11.1 Å². The molecule has 0 spiro atoms. The third kappa shape index (κ3) is 3.22. The average Bonchev–Trinajstić information content (AvgIpc) is 3.27. The number of imide groups is 4. The number of amides is 6. The van der Waals surface area contributed by atoms with Crippen molar-refractivity contribution in [3.05, 3.63) is 70.8 Å². The lowest BCUT2D eigenvalue weighted by atomic mass is 9.51. The smallest absolute Gasteiger partial charge is 0.328 e. The van der Waals surface area contributed by atoms with Gasteiger partial charge in [-0.15, -0.1) is 0 Å². The Morgan fingerprint density at radius 2 is 1.62 bits per heavy atom. The predicted octanol–water partition coefficient (Wildman–Crippen LogP) is 3.32. The molecule has 9 nitrogen and oxygen atoms in total. The molecule has 6 rings (SSSR count). The number of benzene rings is 2. The molecular formula is C30H29N3O6. The monoisotopic (exact) mass is 527 g/mol. The van der Waals surface area contributed by atoms with Crippen molar-refractivity contribution < 1.29 is 29.1 Å². The van der Waals surface area contributed by atoms with Gasteiger partial charge in [0.2, 0.25) is 23.6 Å². The summed E-state index contributed by atoms with van der Waals surface area (Å²) in [5.74, 6) is -5.27. The van der Waals surface area contributed by atoms with Crippen LogP contribution in [0.3, 0.4) is 0 Å². The summed E-state index contributed by atoms with van der Waals surface area (Å²) >= 11 is 0. The number of urea groups is 1. The molecule has 2 aliphatic carbocycles. The number of fused-ring (bicyclic) bond motifs is 4. The second kappa shape index (κ2) is 8.36. The summed E-state index contributed by atoms with van der Waals surface area (Å²) in [6.45, 7) is 5.36. The van der Waals surface area contributed by atoms with Crippen LogP contribution in [0.25, 0.3) is 0 Å². The molecule has 6 amide bonds. The van der Waals surface area contributed by atoms with E-state index < -0.39 is 52.8 Å². The Bertz CT molecular complexity index is 1490. The highest BCUT2D eigenvalue weighted by atomic mass is 16.3. The van der Waals surface area contributed by atoms with Crippen LogP contribution >= 0.6 is 0 Å². The van der Waals surface area contributed by atoms with Crippen LogP contribution < -0.4 is 10.6 Å². The van der Waals surface area contributed by atoms with Crippen LogP contribution in [0.5, 0.6) is 5.75 Å². The number of phenols is 1. The van der Waals surface area contributed by atoms with Crippen molar-refractivity contribution in [2.45, 2.75) is 39.5 Å². The Hall–Kier alpha value is -4.27. The summed E-state index contributed by atoms with van der Waals surface area (Å²) in [4.78, 5) is 68.5. The highest BCUT2D eigenvalue weighted by Crippen LogP contribution is 2.63. The number of likely N-dealkylation sites (tertiary alicyclic amines) is 1. The van der Waals surface area contributed by atoms with Gasteiger partial charge in [-0.2, -0.15) is 4.90 Å². The SMILES string of the molecule is Cc1cc(C2C3=CCC4C(=O)N(C(N)=O)C(=O)C4C3CC3C(=O)N(c4ccccc4)C(=O)C32C)cc(C)c1O. The number of carbonyl (C=O) groups is 5. The summed E-state index contributed by atoms with van der Waals surface area (Å²) in [7, 11) is 0. The maximum Gasteiger partial charge on any atom is 0.328 e. The van der Waals surface area contributed by atoms with E-state index in [1.807, 2.05) is 25.1 Å². The van der Waals surface area contributed by atoms with E-state index in [4.69, 9.17) is 5.73 Å². The van der Waals surface area contributed by atoms with Crippen LogP contribution in [0.4, 0.5) is 10.5 Å². The van der Waals surface area contributed by atoms with Gasteiger partial charge < -0.3 is 10.8 Å². The van der Waals surface area contributed by atoms with Crippen LogP contribution in [0.2, 0.25) is 0 Å². The third-order valence-corrected chi connectivity index (χ3v) is 9.36. The van der Waals surface area contributed by atoms with E-state index >= 15 is 0 Å². The summed E-state index contributed by atoms with van der Waals surface area (Å²) < 4.78 is 0. The standard InChI is InChI=1S/C30H29N3O6/c1-14-11-16(12-15(2)24(14)34)23-18-9-10-19-22(27(37)33(25(19)35)29(31)39)20(18)13-21-26(36)32(28(38)30(21,23)3)17-7-5-4-6-8-17/h4-9,11-12,19-23,34H,10,13H2,1-3H3,(H2,31,39). The van der Waals surface area contributed by atoms with Crippen LogP contribution in [-0.4, -0.2) is 39.7 Å². The maximum atomic E-state index is 14.3. The molecule has 2 aliphatic heterocycles. The molecule has 2 aromatic rings. The van der Waals surface area contributed by atoms with Gasteiger partial charge in [0.05, 0.1) is 28.9 Å². The van der Waals surface area contributed by atoms with Gasteiger partial charge in [-0.1, -0.05) is 42.0 Å². The first-order valence-electron chi connectivity index (χ1n) is 13.1. The average molecular weight is 528 g/mol. The fourth-order valence-corrected chi connectivity index (χ4v) is 7.59. The predicted molar refractivity (Wildman–Crippen MR) is 140 cm³/mol. The van der Waals surface area contributed by atoms with Gasteiger partial charge in [-0.05, 0) is 68.4 Å². The van der Waals surface area contributed by atoms with Crippen LogP contribution in [0.15, 0.2) is 54.1 Å². The van der Waals surface area contributed by atoms with Gasteiger partial charge >= 0.3 is 6.03 Å². The number of para-hydroxylation sites is 1. The van der Waals surface area contributed by atoms with Gasteiger partial charge in [-0.3, -0.25) is 19.2 Å². The topological polar surface area (TPSA) is 138 Å². The first kappa shape index (κ1) is 25.0. The molecule has 2 aromatic carbocycles. The van der Waals surface area contributed by atoms with Crippen molar-refractivity contribution >= 4 is 35.3 Å². The maximum absolute atomic E-state index is 14.3. The lowest BCUT2D eigenvalue weighted by Crippen LogP contribution is -2.49. The van der Waals surface area contributed by atoms with Gasteiger partial charge in [0.25, 0.3) is 0 Å². The van der Waals surface area contributed by atoms with Gasteiger partial charge in [0, 0.05) is 5.92 Å². The van der Waals surface area contributed by atoms with Gasteiger partial charge in [-0.25, -0.2) is 9.69 Å².